The van der Waals surface area contributed by atoms with Crippen LogP contribution in [0, 0.1) is 6.92 Å². The lowest BCUT2D eigenvalue weighted by Gasteiger charge is -2.06. The molecule has 0 spiro atoms. The number of fused-ring (bicyclic) bond motifs is 1. The fourth-order valence-electron chi connectivity index (χ4n) is 2.06. The van der Waals surface area contributed by atoms with Crippen molar-refractivity contribution < 1.29 is 4.79 Å². The minimum atomic E-state index is -0.196. The number of thiophene rings is 1. The summed E-state index contributed by atoms with van der Waals surface area (Å²) in [6.45, 7) is 2.39. The normalized spacial score (nSPS) is 10.8. The Morgan fingerprint density at radius 1 is 1.29 bits per heavy atom. The number of benzene rings is 1. The Morgan fingerprint density at radius 3 is 2.81 bits per heavy atom. The predicted octanol–water partition coefficient (Wildman–Crippen LogP) is 3.58. The molecule has 0 unspecified atom stereocenters. The Kier molecular flexibility index (Phi) is 3.86. The highest BCUT2D eigenvalue weighted by atomic mass is 35.5. The number of halogens is 1. The van der Waals surface area contributed by atoms with Crippen LogP contribution in [-0.2, 0) is 6.54 Å². The molecular formula is C15H12ClN3OS. The molecule has 0 atom stereocenters. The zero-order valence-corrected chi connectivity index (χ0v) is 12.8. The summed E-state index contributed by atoms with van der Waals surface area (Å²) in [5.74, 6) is -0.196. The number of carbonyl (C=O) groups excluding carboxylic acids is 1. The van der Waals surface area contributed by atoms with Crippen LogP contribution in [-0.4, -0.2) is 15.9 Å². The van der Waals surface area contributed by atoms with Gasteiger partial charge in [0.15, 0.2) is 0 Å². The SMILES string of the molecule is Cc1csc2ncnc(C(=O)NCc3ccc(Cl)cc3)c12. The van der Waals surface area contributed by atoms with Crippen molar-refractivity contribution in [1.82, 2.24) is 15.3 Å². The van der Waals surface area contributed by atoms with Gasteiger partial charge in [0.1, 0.15) is 16.9 Å². The quantitative estimate of drug-likeness (QED) is 0.803. The number of hydrogen-bond donors (Lipinski definition) is 1. The zero-order valence-electron chi connectivity index (χ0n) is 11.3. The van der Waals surface area contributed by atoms with Gasteiger partial charge in [-0.25, -0.2) is 9.97 Å². The number of nitrogens with one attached hydrogen (secondary N) is 1. The maximum Gasteiger partial charge on any atom is 0.270 e. The van der Waals surface area contributed by atoms with Crippen molar-refractivity contribution in [3.05, 3.63) is 57.8 Å². The second kappa shape index (κ2) is 5.79. The van der Waals surface area contributed by atoms with Gasteiger partial charge in [-0.15, -0.1) is 11.3 Å². The van der Waals surface area contributed by atoms with Crippen molar-refractivity contribution in [3.63, 3.8) is 0 Å². The number of aromatic nitrogens is 2. The van der Waals surface area contributed by atoms with E-state index in [-0.39, 0.29) is 5.91 Å². The first-order valence-corrected chi connectivity index (χ1v) is 7.62. The van der Waals surface area contributed by atoms with Crippen LogP contribution in [0.15, 0.2) is 36.0 Å². The van der Waals surface area contributed by atoms with Gasteiger partial charge in [-0.2, -0.15) is 0 Å². The Morgan fingerprint density at radius 2 is 2.05 bits per heavy atom. The first kappa shape index (κ1) is 14.0. The maximum absolute atomic E-state index is 12.3. The second-order valence-electron chi connectivity index (χ2n) is 4.63. The molecular weight excluding hydrogens is 306 g/mol. The monoisotopic (exact) mass is 317 g/mol. The Balaban J connectivity index is 1.81. The van der Waals surface area contributed by atoms with Crippen LogP contribution in [0.4, 0.5) is 0 Å². The highest BCUT2D eigenvalue weighted by Crippen LogP contribution is 2.25. The van der Waals surface area contributed by atoms with E-state index in [0.717, 1.165) is 21.3 Å². The number of aryl methyl sites for hydroxylation is 1. The molecule has 1 aromatic carbocycles. The van der Waals surface area contributed by atoms with Gasteiger partial charge in [-0.05, 0) is 35.6 Å². The molecule has 0 aliphatic rings. The fraction of sp³-hybridized carbons (Fsp3) is 0.133. The van der Waals surface area contributed by atoms with E-state index >= 15 is 0 Å². The van der Waals surface area contributed by atoms with Gasteiger partial charge in [0.2, 0.25) is 0 Å². The molecule has 6 heteroatoms. The molecule has 0 aliphatic heterocycles. The molecule has 1 amide bonds. The summed E-state index contributed by atoms with van der Waals surface area (Å²) in [7, 11) is 0. The number of nitrogens with zero attached hydrogens (tertiary/aromatic N) is 2. The molecule has 0 bridgehead atoms. The average Bonchev–Trinajstić information content (AvgIpc) is 2.88. The van der Waals surface area contributed by atoms with Crippen LogP contribution in [0.5, 0.6) is 0 Å². The standard InChI is InChI=1S/C15H12ClN3OS/c1-9-7-21-15-12(9)13(18-8-19-15)14(20)17-6-10-2-4-11(16)5-3-10/h2-5,7-8H,6H2,1H3,(H,17,20). The molecule has 21 heavy (non-hydrogen) atoms. The van der Waals surface area contributed by atoms with Gasteiger partial charge in [-0.3, -0.25) is 4.79 Å². The van der Waals surface area contributed by atoms with Crippen LogP contribution < -0.4 is 5.32 Å². The van der Waals surface area contributed by atoms with Gasteiger partial charge >= 0.3 is 0 Å². The van der Waals surface area contributed by atoms with Crippen LogP contribution in [0.3, 0.4) is 0 Å². The van der Waals surface area contributed by atoms with Crippen LogP contribution in [0.2, 0.25) is 5.02 Å². The summed E-state index contributed by atoms with van der Waals surface area (Å²) >= 11 is 7.35. The Bertz CT molecular complexity index is 798. The maximum atomic E-state index is 12.3. The first-order chi connectivity index (χ1) is 10.1. The molecule has 106 valence electrons. The topological polar surface area (TPSA) is 54.9 Å². The summed E-state index contributed by atoms with van der Waals surface area (Å²) in [6.07, 6.45) is 1.43. The van der Waals surface area contributed by atoms with Crippen molar-refractivity contribution in [2.75, 3.05) is 0 Å². The molecule has 0 radical (unpaired) electrons. The largest absolute Gasteiger partial charge is 0.347 e. The van der Waals surface area contributed by atoms with Crippen molar-refractivity contribution >= 4 is 39.1 Å². The van der Waals surface area contributed by atoms with Gasteiger partial charge < -0.3 is 5.32 Å². The fourth-order valence-corrected chi connectivity index (χ4v) is 3.07. The summed E-state index contributed by atoms with van der Waals surface area (Å²) in [5, 5.41) is 6.36. The number of hydrogen-bond acceptors (Lipinski definition) is 4. The molecule has 4 nitrogen and oxygen atoms in total. The van der Waals surface area contributed by atoms with E-state index in [1.807, 2.05) is 24.4 Å². The van der Waals surface area contributed by atoms with Crippen molar-refractivity contribution in [2.24, 2.45) is 0 Å². The average molecular weight is 318 g/mol. The highest BCUT2D eigenvalue weighted by molar-refractivity contribution is 7.17. The number of carbonyl (C=O) groups is 1. The van der Waals surface area contributed by atoms with E-state index in [1.165, 1.54) is 17.7 Å². The molecule has 3 rings (SSSR count). The molecule has 1 N–H and O–H groups in total. The van der Waals surface area contributed by atoms with E-state index in [4.69, 9.17) is 11.6 Å². The summed E-state index contributed by atoms with van der Waals surface area (Å²) < 4.78 is 0. The second-order valence-corrected chi connectivity index (χ2v) is 5.92. The van der Waals surface area contributed by atoms with E-state index in [1.54, 1.807) is 12.1 Å². The summed E-state index contributed by atoms with van der Waals surface area (Å²) in [5.41, 5.74) is 2.43. The van der Waals surface area contributed by atoms with E-state index in [2.05, 4.69) is 15.3 Å². The molecule has 0 fully saturated rings. The van der Waals surface area contributed by atoms with Gasteiger partial charge in [0.05, 0.1) is 0 Å². The number of amides is 1. The third-order valence-corrected chi connectivity index (χ3v) is 4.39. The van der Waals surface area contributed by atoms with E-state index in [0.29, 0.717) is 17.3 Å². The minimum absolute atomic E-state index is 0.196. The van der Waals surface area contributed by atoms with Crippen LogP contribution in [0.25, 0.3) is 10.2 Å². The molecule has 2 heterocycles. The third kappa shape index (κ3) is 2.89. The Labute approximate surface area is 130 Å². The van der Waals surface area contributed by atoms with Crippen molar-refractivity contribution in [2.45, 2.75) is 13.5 Å². The molecule has 3 aromatic rings. The van der Waals surface area contributed by atoms with E-state index in [9.17, 15) is 4.79 Å². The molecule has 0 aliphatic carbocycles. The first-order valence-electron chi connectivity index (χ1n) is 6.36. The van der Waals surface area contributed by atoms with Gasteiger partial charge in [-0.1, -0.05) is 23.7 Å². The number of rotatable bonds is 3. The molecule has 0 saturated heterocycles. The van der Waals surface area contributed by atoms with Gasteiger partial charge in [0.25, 0.3) is 5.91 Å². The van der Waals surface area contributed by atoms with Crippen LogP contribution in [0.1, 0.15) is 21.6 Å². The van der Waals surface area contributed by atoms with Crippen LogP contribution >= 0.6 is 22.9 Å². The smallest absolute Gasteiger partial charge is 0.270 e. The zero-order chi connectivity index (χ0) is 14.8. The summed E-state index contributed by atoms with van der Waals surface area (Å²) in [4.78, 5) is 21.5. The predicted molar refractivity (Wildman–Crippen MR) is 84.8 cm³/mol. The third-order valence-electron chi connectivity index (χ3n) is 3.14. The lowest BCUT2D eigenvalue weighted by atomic mass is 10.2. The summed E-state index contributed by atoms with van der Waals surface area (Å²) in [6, 6.07) is 7.37. The van der Waals surface area contributed by atoms with Crippen molar-refractivity contribution in [1.29, 1.82) is 0 Å². The lowest BCUT2D eigenvalue weighted by Crippen LogP contribution is -2.24. The van der Waals surface area contributed by atoms with E-state index < -0.39 is 0 Å². The lowest BCUT2D eigenvalue weighted by molar-refractivity contribution is 0.0947. The Hall–Kier alpha value is -1.98. The van der Waals surface area contributed by atoms with Gasteiger partial charge in [0, 0.05) is 17.0 Å². The van der Waals surface area contributed by atoms with Crippen molar-refractivity contribution in [3.8, 4) is 0 Å². The minimum Gasteiger partial charge on any atom is -0.347 e. The highest BCUT2D eigenvalue weighted by Gasteiger charge is 2.15. The molecule has 0 saturated carbocycles. The molecule has 2 aromatic heterocycles.